The highest BCUT2D eigenvalue weighted by Crippen LogP contribution is 2.21. The summed E-state index contributed by atoms with van der Waals surface area (Å²) in [5.41, 5.74) is 7.77. The number of pyridine rings is 1. The first-order valence-corrected chi connectivity index (χ1v) is 6.73. The summed E-state index contributed by atoms with van der Waals surface area (Å²) in [7, 11) is 0. The molecule has 1 aliphatic rings. The lowest BCUT2D eigenvalue weighted by Crippen LogP contribution is -2.39. The van der Waals surface area contributed by atoms with Gasteiger partial charge in [0.2, 0.25) is 0 Å². The quantitative estimate of drug-likeness (QED) is 0.926. The summed E-state index contributed by atoms with van der Waals surface area (Å²) in [5, 5.41) is 0.867. The third-order valence-electron chi connectivity index (χ3n) is 3.77. The Labute approximate surface area is 124 Å². The Morgan fingerprint density at radius 2 is 2.05 bits per heavy atom. The number of hydrogen-bond acceptors (Lipinski definition) is 3. The molecule has 3 rings (SSSR count). The molecule has 0 aliphatic carbocycles. The summed E-state index contributed by atoms with van der Waals surface area (Å²) in [4.78, 5) is 6.71. The van der Waals surface area contributed by atoms with Crippen molar-refractivity contribution in [2.45, 2.75) is 25.4 Å². The molecule has 1 aromatic heterocycles. The van der Waals surface area contributed by atoms with Gasteiger partial charge < -0.3 is 5.73 Å². The van der Waals surface area contributed by atoms with Crippen LogP contribution in [0.5, 0.6) is 0 Å². The number of fused-ring (bicyclic) bond motifs is 1. The third kappa shape index (κ3) is 3.26. The molecule has 1 aliphatic heterocycles. The third-order valence-corrected chi connectivity index (χ3v) is 3.77. The maximum atomic E-state index is 13.6. The molecule has 3 nitrogen and oxygen atoms in total. The van der Waals surface area contributed by atoms with Crippen LogP contribution in [0.1, 0.15) is 18.4 Å². The smallest absolute Gasteiger partial charge is 0.124 e. The minimum atomic E-state index is -0.191. The molecule has 108 valence electrons. The molecule has 2 heterocycles. The topological polar surface area (TPSA) is 42.1 Å². The van der Waals surface area contributed by atoms with Crippen LogP contribution < -0.4 is 5.73 Å². The molecule has 2 N–H and O–H groups in total. The van der Waals surface area contributed by atoms with Crippen LogP contribution in [0.4, 0.5) is 4.39 Å². The average molecular weight is 296 g/mol. The Morgan fingerprint density at radius 3 is 2.80 bits per heavy atom. The van der Waals surface area contributed by atoms with Gasteiger partial charge in [0.25, 0.3) is 0 Å². The minimum absolute atomic E-state index is 0. The van der Waals surface area contributed by atoms with Crippen LogP contribution in [0.3, 0.4) is 0 Å². The Hall–Kier alpha value is -1.23. The van der Waals surface area contributed by atoms with Crippen molar-refractivity contribution in [3.05, 3.63) is 41.8 Å². The van der Waals surface area contributed by atoms with E-state index in [2.05, 4.69) is 9.88 Å². The van der Waals surface area contributed by atoms with Crippen molar-refractivity contribution in [2.24, 2.45) is 5.73 Å². The lowest BCUT2D eigenvalue weighted by molar-refractivity contribution is 0.206. The first-order valence-electron chi connectivity index (χ1n) is 6.73. The van der Waals surface area contributed by atoms with E-state index in [1.54, 1.807) is 12.3 Å². The maximum absolute atomic E-state index is 13.6. The van der Waals surface area contributed by atoms with Crippen LogP contribution in [-0.2, 0) is 6.54 Å². The predicted molar refractivity (Wildman–Crippen MR) is 81.4 cm³/mol. The number of aromatic nitrogens is 1. The standard InChI is InChI=1S/C15H18FN3.ClH/c16-13-8-11-2-1-5-18-15(11)12(9-13)10-19-6-3-14(17)4-7-19;/h1-2,5,8-9,14H,3-4,6-7,10,17H2;1H. The van der Waals surface area contributed by atoms with Gasteiger partial charge in [0.15, 0.2) is 0 Å². The van der Waals surface area contributed by atoms with Crippen molar-refractivity contribution in [3.8, 4) is 0 Å². The molecule has 0 radical (unpaired) electrons. The van der Waals surface area contributed by atoms with Gasteiger partial charge in [-0.1, -0.05) is 6.07 Å². The number of halogens is 2. The molecule has 1 fully saturated rings. The van der Waals surface area contributed by atoms with Crippen LogP contribution in [-0.4, -0.2) is 29.0 Å². The Morgan fingerprint density at radius 1 is 1.30 bits per heavy atom. The number of rotatable bonds is 2. The number of piperidine rings is 1. The predicted octanol–water partition coefficient (Wildman–Crippen LogP) is 2.72. The fourth-order valence-corrected chi connectivity index (χ4v) is 2.70. The lowest BCUT2D eigenvalue weighted by atomic mass is 10.0. The summed E-state index contributed by atoms with van der Waals surface area (Å²) in [5.74, 6) is -0.191. The highest BCUT2D eigenvalue weighted by atomic mass is 35.5. The summed E-state index contributed by atoms with van der Waals surface area (Å²) < 4.78 is 13.6. The zero-order chi connectivity index (χ0) is 13.2. The first kappa shape index (κ1) is 15.2. The van der Waals surface area contributed by atoms with Gasteiger partial charge in [-0.3, -0.25) is 9.88 Å². The molecule has 0 atom stereocenters. The van der Waals surface area contributed by atoms with E-state index < -0.39 is 0 Å². The van der Waals surface area contributed by atoms with Crippen molar-refractivity contribution in [2.75, 3.05) is 13.1 Å². The van der Waals surface area contributed by atoms with Gasteiger partial charge in [0.05, 0.1) is 5.52 Å². The summed E-state index contributed by atoms with van der Waals surface area (Å²) in [6, 6.07) is 7.20. The average Bonchev–Trinajstić information content (AvgIpc) is 2.41. The van der Waals surface area contributed by atoms with E-state index in [-0.39, 0.29) is 18.2 Å². The summed E-state index contributed by atoms with van der Waals surface area (Å²) in [6.07, 6.45) is 3.79. The van der Waals surface area contributed by atoms with E-state index in [1.807, 2.05) is 12.1 Å². The van der Waals surface area contributed by atoms with E-state index in [0.717, 1.165) is 48.9 Å². The molecular formula is C15H19ClFN3. The molecule has 1 aromatic carbocycles. The molecule has 5 heteroatoms. The zero-order valence-electron chi connectivity index (χ0n) is 11.3. The lowest BCUT2D eigenvalue weighted by Gasteiger charge is -2.30. The largest absolute Gasteiger partial charge is 0.328 e. The van der Waals surface area contributed by atoms with Crippen molar-refractivity contribution in [1.82, 2.24) is 9.88 Å². The highest BCUT2D eigenvalue weighted by Gasteiger charge is 2.17. The van der Waals surface area contributed by atoms with Crippen molar-refractivity contribution >= 4 is 23.3 Å². The SMILES string of the molecule is Cl.NC1CCN(Cc2cc(F)cc3cccnc23)CC1. The van der Waals surface area contributed by atoms with Crippen molar-refractivity contribution < 1.29 is 4.39 Å². The van der Waals surface area contributed by atoms with Crippen LogP contribution in [0.2, 0.25) is 0 Å². The monoisotopic (exact) mass is 295 g/mol. The molecule has 1 saturated heterocycles. The molecule has 2 aromatic rings. The van der Waals surface area contributed by atoms with Gasteiger partial charge in [-0.15, -0.1) is 12.4 Å². The van der Waals surface area contributed by atoms with Gasteiger partial charge in [-0.25, -0.2) is 4.39 Å². The fraction of sp³-hybridized carbons (Fsp3) is 0.400. The Balaban J connectivity index is 0.00000147. The molecule has 0 saturated carbocycles. The van der Waals surface area contributed by atoms with Crippen molar-refractivity contribution in [3.63, 3.8) is 0 Å². The summed E-state index contributed by atoms with van der Waals surface area (Å²) in [6.45, 7) is 2.70. The highest BCUT2D eigenvalue weighted by molar-refractivity contribution is 5.85. The molecule has 20 heavy (non-hydrogen) atoms. The molecule has 0 spiro atoms. The molecule has 0 bridgehead atoms. The fourth-order valence-electron chi connectivity index (χ4n) is 2.70. The molecule has 0 unspecified atom stereocenters. The van der Waals surface area contributed by atoms with E-state index in [0.29, 0.717) is 6.04 Å². The van der Waals surface area contributed by atoms with Gasteiger partial charge >= 0.3 is 0 Å². The summed E-state index contributed by atoms with van der Waals surface area (Å²) >= 11 is 0. The normalized spacial score (nSPS) is 17.1. The maximum Gasteiger partial charge on any atom is 0.124 e. The number of benzene rings is 1. The number of nitrogens with zero attached hydrogens (tertiary/aromatic N) is 2. The number of likely N-dealkylation sites (tertiary alicyclic amines) is 1. The molecule has 0 amide bonds. The minimum Gasteiger partial charge on any atom is -0.328 e. The van der Waals surface area contributed by atoms with Crippen LogP contribution in [0.25, 0.3) is 10.9 Å². The van der Waals surface area contributed by atoms with E-state index in [1.165, 1.54) is 6.07 Å². The van der Waals surface area contributed by atoms with Gasteiger partial charge in [-0.05, 0) is 49.7 Å². The van der Waals surface area contributed by atoms with Crippen LogP contribution >= 0.6 is 12.4 Å². The second-order valence-electron chi connectivity index (χ2n) is 5.25. The van der Waals surface area contributed by atoms with Crippen LogP contribution in [0, 0.1) is 5.82 Å². The zero-order valence-corrected chi connectivity index (χ0v) is 12.1. The Bertz CT molecular complexity index is 582. The van der Waals surface area contributed by atoms with E-state index >= 15 is 0 Å². The number of hydrogen-bond donors (Lipinski definition) is 1. The Kier molecular flexibility index (Phi) is 4.91. The second kappa shape index (κ2) is 6.48. The van der Waals surface area contributed by atoms with Gasteiger partial charge in [0.1, 0.15) is 5.82 Å². The number of nitrogens with two attached hydrogens (primary N) is 1. The molecular weight excluding hydrogens is 277 g/mol. The van der Waals surface area contributed by atoms with Crippen LogP contribution in [0.15, 0.2) is 30.5 Å². The van der Waals surface area contributed by atoms with E-state index in [4.69, 9.17) is 5.73 Å². The second-order valence-corrected chi connectivity index (χ2v) is 5.25. The van der Waals surface area contributed by atoms with Gasteiger partial charge in [-0.2, -0.15) is 0 Å². The first-order chi connectivity index (χ1) is 9.22. The van der Waals surface area contributed by atoms with Gasteiger partial charge in [0, 0.05) is 24.2 Å². The van der Waals surface area contributed by atoms with Crippen molar-refractivity contribution in [1.29, 1.82) is 0 Å². The van der Waals surface area contributed by atoms with E-state index in [9.17, 15) is 4.39 Å².